The van der Waals surface area contributed by atoms with E-state index in [1.807, 2.05) is 18.2 Å². The molecular weight excluding hydrogens is 321 g/mol. The van der Waals surface area contributed by atoms with Crippen LogP contribution in [0.15, 0.2) is 53.1 Å². The molecule has 4 nitrogen and oxygen atoms in total. The second-order valence-corrected chi connectivity index (χ2v) is 5.12. The fourth-order valence-electron chi connectivity index (χ4n) is 2.23. The first-order valence-corrected chi connectivity index (χ1v) is 7.08. The minimum absolute atomic E-state index is 0.128. The largest absolute Gasteiger partial charge is 0.465 e. The Morgan fingerprint density at radius 3 is 2.61 bits per heavy atom. The molecule has 3 aromatic rings. The van der Waals surface area contributed by atoms with Gasteiger partial charge < -0.3 is 9.26 Å². The average Bonchev–Trinajstić information content (AvgIpc) is 2.99. The maximum Gasteiger partial charge on any atom is 0.344 e. The van der Waals surface area contributed by atoms with E-state index in [2.05, 4.69) is 5.16 Å². The van der Waals surface area contributed by atoms with E-state index in [1.165, 1.54) is 19.2 Å². The molecule has 1 aromatic heterocycles. The zero-order valence-corrected chi connectivity index (χ0v) is 12.8. The standard InChI is InChI=1S/C17H11ClFNO3/c1-22-17(21)14-15(12-8-7-11(19)9-13(12)18)20-23-16(14)10-5-3-2-4-6-10/h2-9H,1H3. The van der Waals surface area contributed by atoms with Crippen molar-refractivity contribution in [2.24, 2.45) is 0 Å². The Bertz CT molecular complexity index is 862. The number of benzene rings is 2. The Kier molecular flexibility index (Phi) is 4.12. The predicted molar refractivity (Wildman–Crippen MR) is 83.7 cm³/mol. The number of methoxy groups -OCH3 is 1. The first-order valence-electron chi connectivity index (χ1n) is 6.70. The summed E-state index contributed by atoms with van der Waals surface area (Å²) >= 11 is 6.07. The molecule has 0 aliphatic carbocycles. The van der Waals surface area contributed by atoms with Crippen molar-refractivity contribution < 1.29 is 18.4 Å². The number of ether oxygens (including phenoxy) is 1. The van der Waals surface area contributed by atoms with E-state index in [9.17, 15) is 9.18 Å². The Morgan fingerprint density at radius 1 is 1.22 bits per heavy atom. The van der Waals surface area contributed by atoms with Crippen LogP contribution in [0.4, 0.5) is 4.39 Å². The van der Waals surface area contributed by atoms with Gasteiger partial charge >= 0.3 is 5.97 Å². The van der Waals surface area contributed by atoms with Gasteiger partial charge in [0.1, 0.15) is 17.1 Å². The number of hydrogen-bond donors (Lipinski definition) is 0. The van der Waals surface area contributed by atoms with Gasteiger partial charge in [0.2, 0.25) is 0 Å². The molecule has 0 N–H and O–H groups in total. The summed E-state index contributed by atoms with van der Waals surface area (Å²) in [6.45, 7) is 0. The highest BCUT2D eigenvalue weighted by atomic mass is 35.5. The second-order valence-electron chi connectivity index (χ2n) is 4.72. The van der Waals surface area contributed by atoms with Gasteiger partial charge in [0.05, 0.1) is 12.1 Å². The second kappa shape index (κ2) is 6.22. The topological polar surface area (TPSA) is 52.3 Å². The minimum atomic E-state index is -0.611. The lowest BCUT2D eigenvalue weighted by atomic mass is 10.0. The van der Waals surface area contributed by atoms with E-state index in [0.29, 0.717) is 11.1 Å². The van der Waals surface area contributed by atoms with Crippen molar-refractivity contribution >= 4 is 17.6 Å². The Hall–Kier alpha value is -2.66. The summed E-state index contributed by atoms with van der Waals surface area (Å²) in [7, 11) is 1.26. The molecule has 0 bridgehead atoms. The highest BCUT2D eigenvalue weighted by Gasteiger charge is 2.27. The lowest BCUT2D eigenvalue weighted by Gasteiger charge is -2.04. The van der Waals surface area contributed by atoms with Gasteiger partial charge in [-0.15, -0.1) is 0 Å². The zero-order valence-electron chi connectivity index (χ0n) is 12.0. The molecule has 2 aromatic carbocycles. The molecule has 0 radical (unpaired) electrons. The normalized spacial score (nSPS) is 10.6. The summed E-state index contributed by atoms with van der Waals surface area (Å²) < 4.78 is 23.4. The lowest BCUT2D eigenvalue weighted by molar-refractivity contribution is 0.0602. The van der Waals surface area contributed by atoms with E-state index < -0.39 is 11.8 Å². The van der Waals surface area contributed by atoms with Crippen molar-refractivity contribution in [2.75, 3.05) is 7.11 Å². The summed E-state index contributed by atoms with van der Waals surface area (Å²) in [4.78, 5) is 12.2. The van der Waals surface area contributed by atoms with Gasteiger partial charge in [0.25, 0.3) is 0 Å². The summed E-state index contributed by atoms with van der Waals surface area (Å²) in [5.74, 6) is -0.821. The third kappa shape index (κ3) is 2.83. The molecule has 0 unspecified atom stereocenters. The Morgan fingerprint density at radius 2 is 1.96 bits per heavy atom. The van der Waals surface area contributed by atoms with Crippen LogP contribution in [0.25, 0.3) is 22.6 Å². The number of aromatic nitrogens is 1. The average molecular weight is 332 g/mol. The third-order valence-electron chi connectivity index (χ3n) is 3.30. The van der Waals surface area contributed by atoms with E-state index in [0.717, 1.165) is 6.07 Å². The summed E-state index contributed by atoms with van der Waals surface area (Å²) in [6, 6.07) is 12.8. The summed E-state index contributed by atoms with van der Waals surface area (Å²) in [5, 5.41) is 4.07. The number of esters is 1. The van der Waals surface area contributed by atoms with E-state index in [1.54, 1.807) is 12.1 Å². The number of nitrogens with zero attached hydrogens (tertiary/aromatic N) is 1. The van der Waals surface area contributed by atoms with Gasteiger partial charge in [0, 0.05) is 11.1 Å². The Labute approximate surface area is 136 Å². The van der Waals surface area contributed by atoms with Crippen LogP contribution in [0, 0.1) is 5.82 Å². The van der Waals surface area contributed by atoms with Gasteiger partial charge in [-0.3, -0.25) is 0 Å². The minimum Gasteiger partial charge on any atom is -0.465 e. The Balaban J connectivity index is 2.22. The number of hydrogen-bond acceptors (Lipinski definition) is 4. The van der Waals surface area contributed by atoms with E-state index >= 15 is 0 Å². The van der Waals surface area contributed by atoms with Crippen LogP contribution in [0.3, 0.4) is 0 Å². The molecular formula is C17H11ClFNO3. The molecule has 0 aliphatic rings. The number of carbonyl (C=O) groups is 1. The lowest BCUT2D eigenvalue weighted by Crippen LogP contribution is -2.04. The molecule has 0 aliphatic heterocycles. The summed E-state index contributed by atoms with van der Waals surface area (Å²) in [5.41, 5.74) is 1.41. The first kappa shape index (κ1) is 15.2. The molecule has 1 heterocycles. The van der Waals surface area contributed by atoms with Crippen molar-refractivity contribution in [3.63, 3.8) is 0 Å². The van der Waals surface area contributed by atoms with Gasteiger partial charge in [-0.25, -0.2) is 9.18 Å². The monoisotopic (exact) mass is 331 g/mol. The SMILES string of the molecule is COC(=O)c1c(-c2ccc(F)cc2Cl)noc1-c1ccccc1. The van der Waals surface area contributed by atoms with Crippen LogP contribution in [-0.4, -0.2) is 18.2 Å². The quantitative estimate of drug-likeness (QED) is 0.659. The number of halogens is 2. The molecule has 23 heavy (non-hydrogen) atoms. The fraction of sp³-hybridized carbons (Fsp3) is 0.0588. The van der Waals surface area contributed by atoms with Crippen molar-refractivity contribution in [1.29, 1.82) is 0 Å². The summed E-state index contributed by atoms with van der Waals surface area (Å²) in [6.07, 6.45) is 0. The van der Waals surface area contributed by atoms with Gasteiger partial charge in [-0.2, -0.15) is 0 Å². The first-order chi connectivity index (χ1) is 11.1. The van der Waals surface area contributed by atoms with Crippen LogP contribution in [0.5, 0.6) is 0 Å². The number of rotatable bonds is 3. The molecule has 0 saturated carbocycles. The molecule has 0 saturated heterocycles. The van der Waals surface area contributed by atoms with E-state index in [-0.39, 0.29) is 22.0 Å². The van der Waals surface area contributed by atoms with Crippen molar-refractivity contribution in [3.8, 4) is 22.6 Å². The molecule has 0 spiro atoms. The van der Waals surface area contributed by atoms with E-state index in [4.69, 9.17) is 20.9 Å². The number of carbonyl (C=O) groups excluding carboxylic acids is 1. The highest BCUT2D eigenvalue weighted by Crippen LogP contribution is 2.36. The zero-order chi connectivity index (χ0) is 16.4. The smallest absolute Gasteiger partial charge is 0.344 e. The fourth-order valence-corrected chi connectivity index (χ4v) is 2.49. The molecule has 0 fully saturated rings. The van der Waals surface area contributed by atoms with Gasteiger partial charge in [-0.05, 0) is 18.2 Å². The highest BCUT2D eigenvalue weighted by molar-refractivity contribution is 6.33. The molecule has 3 rings (SSSR count). The van der Waals surface area contributed by atoms with Crippen LogP contribution < -0.4 is 0 Å². The van der Waals surface area contributed by atoms with Crippen LogP contribution >= 0.6 is 11.6 Å². The maximum atomic E-state index is 13.2. The third-order valence-corrected chi connectivity index (χ3v) is 3.62. The molecule has 116 valence electrons. The molecule has 6 heteroatoms. The van der Waals surface area contributed by atoms with Crippen molar-refractivity contribution in [3.05, 3.63) is 64.9 Å². The van der Waals surface area contributed by atoms with Crippen LogP contribution in [-0.2, 0) is 4.74 Å². The molecule has 0 amide bonds. The van der Waals surface area contributed by atoms with Gasteiger partial charge in [-0.1, -0.05) is 47.1 Å². The maximum absolute atomic E-state index is 13.2. The van der Waals surface area contributed by atoms with Gasteiger partial charge in [0.15, 0.2) is 5.76 Å². The predicted octanol–water partition coefficient (Wildman–Crippen LogP) is 4.59. The van der Waals surface area contributed by atoms with Crippen LogP contribution in [0.1, 0.15) is 10.4 Å². The molecule has 0 atom stereocenters. The van der Waals surface area contributed by atoms with Crippen LogP contribution in [0.2, 0.25) is 5.02 Å². The van der Waals surface area contributed by atoms with Crippen molar-refractivity contribution in [1.82, 2.24) is 5.16 Å². The van der Waals surface area contributed by atoms with Crippen molar-refractivity contribution in [2.45, 2.75) is 0 Å².